The molecule has 0 spiro atoms. The molecule has 12 heteroatoms. The summed E-state index contributed by atoms with van der Waals surface area (Å²) in [5.74, 6) is -11.2. The molecule has 0 atom stereocenters. The SMILES string of the molecule is COc1ccc(C(=O)C(=O)c2cc(-c3cc(C(=O)C(=O)c4ccc(OC)cc4)c(O)c(O)c3O)c(O)c(O)c2O)cc1. The van der Waals surface area contributed by atoms with Crippen molar-refractivity contribution in [2.45, 2.75) is 0 Å². The van der Waals surface area contributed by atoms with Crippen LogP contribution in [0.4, 0.5) is 0 Å². The molecular weight excluding hydrogens is 552 g/mol. The second kappa shape index (κ2) is 11.2. The molecule has 0 saturated carbocycles. The van der Waals surface area contributed by atoms with Gasteiger partial charge in [-0.1, -0.05) is 0 Å². The van der Waals surface area contributed by atoms with Gasteiger partial charge >= 0.3 is 0 Å². The number of carbonyl (C=O) groups is 4. The molecule has 0 aliphatic rings. The average molecular weight is 574 g/mol. The van der Waals surface area contributed by atoms with E-state index in [0.29, 0.717) is 11.5 Å². The Bertz CT molecular complexity index is 1620. The van der Waals surface area contributed by atoms with E-state index in [-0.39, 0.29) is 11.1 Å². The lowest BCUT2D eigenvalue weighted by molar-refractivity contribution is 0.0814. The third-order valence-electron chi connectivity index (χ3n) is 6.39. The van der Waals surface area contributed by atoms with Gasteiger partial charge in [-0.2, -0.15) is 0 Å². The van der Waals surface area contributed by atoms with E-state index in [1.54, 1.807) is 0 Å². The van der Waals surface area contributed by atoms with Crippen LogP contribution in [0.5, 0.6) is 46.0 Å². The highest BCUT2D eigenvalue weighted by Crippen LogP contribution is 2.51. The van der Waals surface area contributed by atoms with Crippen LogP contribution in [0.2, 0.25) is 0 Å². The average Bonchev–Trinajstić information content (AvgIpc) is 3.02. The van der Waals surface area contributed by atoms with E-state index in [9.17, 15) is 49.8 Å². The van der Waals surface area contributed by atoms with Gasteiger partial charge in [-0.05, 0) is 60.7 Å². The van der Waals surface area contributed by atoms with E-state index in [2.05, 4.69) is 0 Å². The van der Waals surface area contributed by atoms with Crippen LogP contribution < -0.4 is 9.47 Å². The van der Waals surface area contributed by atoms with E-state index in [4.69, 9.17) is 9.47 Å². The number of phenols is 6. The number of ether oxygens (including phenoxy) is 2. The lowest BCUT2D eigenvalue weighted by Crippen LogP contribution is -2.15. The summed E-state index contributed by atoms with van der Waals surface area (Å²) in [6.07, 6.45) is 0. The fourth-order valence-corrected chi connectivity index (χ4v) is 4.05. The predicted molar refractivity (Wildman–Crippen MR) is 145 cm³/mol. The number of hydrogen-bond donors (Lipinski definition) is 6. The Hall–Kier alpha value is -6.04. The number of Topliss-reactive ketones (excluding diaryl/α,β-unsaturated/α-hetero) is 4. The first kappa shape index (κ1) is 29.0. The summed E-state index contributed by atoms with van der Waals surface area (Å²) in [6.45, 7) is 0. The zero-order valence-corrected chi connectivity index (χ0v) is 21.9. The number of rotatable bonds is 9. The van der Waals surface area contributed by atoms with E-state index < -0.39 is 79.9 Å². The van der Waals surface area contributed by atoms with Gasteiger partial charge < -0.3 is 40.1 Å². The van der Waals surface area contributed by atoms with Crippen LogP contribution in [0.15, 0.2) is 60.7 Å². The third-order valence-corrected chi connectivity index (χ3v) is 6.39. The maximum atomic E-state index is 13.0. The molecule has 0 fully saturated rings. The third kappa shape index (κ3) is 4.99. The number of benzene rings is 4. The van der Waals surface area contributed by atoms with Crippen molar-refractivity contribution in [2.75, 3.05) is 14.2 Å². The van der Waals surface area contributed by atoms with Crippen LogP contribution in [0, 0.1) is 0 Å². The summed E-state index contributed by atoms with van der Waals surface area (Å²) >= 11 is 0. The first-order chi connectivity index (χ1) is 19.9. The zero-order chi connectivity index (χ0) is 30.9. The van der Waals surface area contributed by atoms with Gasteiger partial charge in [-0.15, -0.1) is 0 Å². The standard InChI is InChI=1S/C30H22O12/c1-41-15-7-3-13(4-8-15)21(31)25(35)19-11-17(23(33)29(39)27(19)37)18-12-20(28(38)30(40)24(18)34)26(36)22(32)14-5-9-16(42-2)10-6-14/h3-12,33-34,37-40H,1-2H3. The van der Waals surface area contributed by atoms with Gasteiger partial charge in [0.15, 0.2) is 23.0 Å². The molecule has 0 bridgehead atoms. The van der Waals surface area contributed by atoms with Gasteiger partial charge in [-0.25, -0.2) is 0 Å². The highest BCUT2D eigenvalue weighted by molar-refractivity contribution is 6.50. The molecule has 0 aliphatic heterocycles. The second-order valence-corrected chi connectivity index (χ2v) is 8.81. The van der Waals surface area contributed by atoms with Crippen LogP contribution >= 0.6 is 0 Å². The number of ketones is 4. The highest BCUT2D eigenvalue weighted by atomic mass is 16.5. The molecule has 4 aromatic rings. The Labute approximate surface area is 236 Å². The first-order valence-electron chi connectivity index (χ1n) is 11.9. The summed E-state index contributed by atoms with van der Waals surface area (Å²) in [6, 6.07) is 12.2. The van der Waals surface area contributed by atoms with Gasteiger partial charge in [0.1, 0.15) is 11.5 Å². The molecule has 0 radical (unpaired) electrons. The molecule has 0 saturated heterocycles. The Kier molecular flexibility index (Phi) is 7.73. The number of phenolic OH excluding ortho intramolecular Hbond substituents is 6. The van der Waals surface area contributed by atoms with Gasteiger partial charge in [-0.3, -0.25) is 19.2 Å². The maximum Gasteiger partial charge on any atom is 0.237 e. The van der Waals surface area contributed by atoms with Crippen LogP contribution in [0.3, 0.4) is 0 Å². The van der Waals surface area contributed by atoms with E-state index >= 15 is 0 Å². The lowest BCUT2D eigenvalue weighted by atomic mass is 9.92. The minimum absolute atomic E-state index is 0.107. The quantitative estimate of drug-likeness (QED) is 0.0960. The minimum Gasteiger partial charge on any atom is -0.504 e. The van der Waals surface area contributed by atoms with Crippen LogP contribution in [0.25, 0.3) is 11.1 Å². The smallest absolute Gasteiger partial charge is 0.237 e. The molecule has 42 heavy (non-hydrogen) atoms. The highest BCUT2D eigenvalue weighted by Gasteiger charge is 2.31. The van der Waals surface area contributed by atoms with Crippen molar-refractivity contribution in [3.8, 4) is 57.1 Å². The molecule has 0 unspecified atom stereocenters. The second-order valence-electron chi connectivity index (χ2n) is 8.81. The van der Waals surface area contributed by atoms with Crippen molar-refractivity contribution in [1.29, 1.82) is 0 Å². The lowest BCUT2D eigenvalue weighted by Gasteiger charge is -2.15. The number of hydrogen-bond acceptors (Lipinski definition) is 12. The summed E-state index contributed by atoms with van der Waals surface area (Å²) in [5.41, 5.74) is -3.12. The Morgan fingerprint density at radius 2 is 0.762 bits per heavy atom. The number of aromatic hydroxyl groups is 6. The molecule has 0 aliphatic carbocycles. The van der Waals surface area contributed by atoms with E-state index in [1.165, 1.54) is 62.8 Å². The monoisotopic (exact) mass is 574 g/mol. The number of carbonyl (C=O) groups excluding carboxylic acids is 4. The molecule has 0 amide bonds. The summed E-state index contributed by atoms with van der Waals surface area (Å²) in [4.78, 5) is 51.8. The maximum absolute atomic E-state index is 13.0. The number of methoxy groups -OCH3 is 2. The predicted octanol–water partition coefficient (Wildman–Crippen LogP) is 3.74. The fraction of sp³-hybridized carbons (Fsp3) is 0.0667. The molecule has 0 aromatic heterocycles. The van der Waals surface area contributed by atoms with Crippen molar-refractivity contribution >= 4 is 23.1 Å². The van der Waals surface area contributed by atoms with Crippen LogP contribution in [-0.2, 0) is 0 Å². The van der Waals surface area contributed by atoms with Crippen molar-refractivity contribution in [2.24, 2.45) is 0 Å². The molecular formula is C30H22O12. The Morgan fingerprint density at radius 3 is 1.05 bits per heavy atom. The Morgan fingerprint density at radius 1 is 0.452 bits per heavy atom. The first-order valence-corrected chi connectivity index (χ1v) is 11.9. The zero-order valence-electron chi connectivity index (χ0n) is 21.9. The van der Waals surface area contributed by atoms with Crippen molar-refractivity contribution in [1.82, 2.24) is 0 Å². The van der Waals surface area contributed by atoms with Crippen molar-refractivity contribution in [3.63, 3.8) is 0 Å². The molecule has 214 valence electrons. The molecule has 4 rings (SSSR count). The largest absolute Gasteiger partial charge is 0.504 e. The summed E-state index contributed by atoms with van der Waals surface area (Å²) in [5, 5.41) is 62.6. The van der Waals surface area contributed by atoms with E-state index in [0.717, 1.165) is 12.1 Å². The molecule has 6 N–H and O–H groups in total. The summed E-state index contributed by atoms with van der Waals surface area (Å²) in [7, 11) is 2.79. The molecule has 12 nitrogen and oxygen atoms in total. The van der Waals surface area contributed by atoms with Crippen molar-refractivity contribution in [3.05, 3.63) is 82.9 Å². The Balaban J connectivity index is 1.82. The molecule has 4 aromatic carbocycles. The molecule has 0 heterocycles. The van der Waals surface area contributed by atoms with E-state index in [1.807, 2.05) is 0 Å². The topological polar surface area (TPSA) is 208 Å². The fourth-order valence-electron chi connectivity index (χ4n) is 4.05. The van der Waals surface area contributed by atoms with Gasteiger partial charge in [0, 0.05) is 22.3 Å². The van der Waals surface area contributed by atoms with Crippen LogP contribution in [-0.4, -0.2) is 68.0 Å². The van der Waals surface area contributed by atoms with Gasteiger partial charge in [0.25, 0.3) is 0 Å². The summed E-state index contributed by atoms with van der Waals surface area (Å²) < 4.78 is 10.0. The van der Waals surface area contributed by atoms with Crippen LogP contribution in [0.1, 0.15) is 41.4 Å². The van der Waals surface area contributed by atoms with Crippen molar-refractivity contribution < 1.29 is 59.3 Å². The minimum atomic E-state index is -1.33. The van der Waals surface area contributed by atoms with Gasteiger partial charge in [0.2, 0.25) is 34.6 Å². The normalized spacial score (nSPS) is 10.6. The van der Waals surface area contributed by atoms with Gasteiger partial charge in [0.05, 0.1) is 25.3 Å².